The molecule has 2 aromatic heterocycles. The molecular formula is C26H46N2P2. The Labute approximate surface area is 189 Å². The maximum absolute atomic E-state index is 2.69. The summed E-state index contributed by atoms with van der Waals surface area (Å²) in [6, 6.07) is 0. The SMILES string of the molecule is CCc1c(CC)c(CC)p(N(C)N(C)p2c(CC)c(CC)c(CC)c2CC)c1CC. The molecule has 0 atom stereocenters. The molecule has 2 heterocycles. The average Bonchev–Trinajstić information content (AvgIpc) is 3.27. The van der Waals surface area contributed by atoms with Gasteiger partial charge in [-0.3, -0.25) is 0 Å². The van der Waals surface area contributed by atoms with Gasteiger partial charge in [0.2, 0.25) is 0 Å². The maximum atomic E-state index is 2.69. The minimum absolute atomic E-state index is 0.375. The van der Waals surface area contributed by atoms with Gasteiger partial charge in [-0.25, -0.2) is 0 Å². The van der Waals surface area contributed by atoms with Crippen LogP contribution in [0.3, 0.4) is 0 Å². The van der Waals surface area contributed by atoms with Crippen molar-refractivity contribution in [3.63, 3.8) is 0 Å². The minimum atomic E-state index is -0.375. The van der Waals surface area contributed by atoms with Crippen molar-refractivity contribution < 1.29 is 0 Å². The third-order valence-corrected chi connectivity index (χ3v) is 13.1. The summed E-state index contributed by atoms with van der Waals surface area (Å²) < 4.78 is 5.38. The zero-order valence-corrected chi connectivity index (χ0v) is 23.2. The first-order valence-corrected chi connectivity index (χ1v) is 15.0. The zero-order valence-electron chi connectivity index (χ0n) is 21.4. The Balaban J connectivity index is 2.74. The van der Waals surface area contributed by atoms with Crippen LogP contribution in [0.4, 0.5) is 0 Å². The van der Waals surface area contributed by atoms with Crippen LogP contribution < -0.4 is 9.56 Å². The van der Waals surface area contributed by atoms with E-state index in [2.05, 4.69) is 79.0 Å². The molecule has 0 saturated heterocycles. The van der Waals surface area contributed by atoms with Crippen LogP contribution in [0.2, 0.25) is 0 Å². The molecule has 0 aromatic carbocycles. The lowest BCUT2D eigenvalue weighted by atomic mass is 10.0. The van der Waals surface area contributed by atoms with Crippen molar-refractivity contribution in [2.45, 2.75) is 107 Å². The van der Waals surface area contributed by atoms with Gasteiger partial charge in [0.25, 0.3) is 0 Å². The Morgan fingerprint density at radius 1 is 0.400 bits per heavy atom. The molecule has 30 heavy (non-hydrogen) atoms. The monoisotopic (exact) mass is 448 g/mol. The lowest BCUT2D eigenvalue weighted by Crippen LogP contribution is -2.33. The first kappa shape index (κ1) is 25.7. The average molecular weight is 449 g/mol. The van der Waals surface area contributed by atoms with Crippen LogP contribution in [-0.2, 0) is 51.4 Å². The fourth-order valence-corrected chi connectivity index (χ4v) is 12.1. The van der Waals surface area contributed by atoms with Gasteiger partial charge < -0.3 is 0 Å². The fourth-order valence-electron chi connectivity index (χ4n) is 5.61. The van der Waals surface area contributed by atoms with E-state index in [-0.39, 0.29) is 15.4 Å². The van der Waals surface area contributed by atoms with Crippen LogP contribution in [0, 0.1) is 0 Å². The molecule has 0 aliphatic rings. The molecule has 0 spiro atoms. The van der Waals surface area contributed by atoms with E-state index in [9.17, 15) is 0 Å². The molecular weight excluding hydrogens is 402 g/mol. The maximum Gasteiger partial charge on any atom is 0.0112 e. The molecule has 0 bridgehead atoms. The van der Waals surface area contributed by atoms with Crippen molar-refractivity contribution in [3.05, 3.63) is 43.4 Å². The van der Waals surface area contributed by atoms with Gasteiger partial charge in [-0.2, -0.15) is 9.56 Å². The smallest absolute Gasteiger partial charge is 0.0112 e. The molecule has 170 valence electrons. The summed E-state index contributed by atoms with van der Waals surface area (Å²) in [6.45, 7) is 18.9. The molecule has 0 N–H and O–H groups in total. The first-order valence-electron chi connectivity index (χ1n) is 12.4. The third-order valence-electron chi connectivity index (χ3n) is 6.90. The molecule has 4 heteroatoms. The molecule has 2 aromatic rings. The summed E-state index contributed by atoms with van der Waals surface area (Å²) in [4.78, 5) is 0. The Morgan fingerprint density at radius 2 is 0.600 bits per heavy atom. The van der Waals surface area contributed by atoms with Gasteiger partial charge in [0.1, 0.15) is 0 Å². The molecule has 0 fully saturated rings. The largest absolute Gasteiger partial charge is 0.192 e. The normalized spacial score (nSPS) is 12.0. The second-order valence-electron chi connectivity index (χ2n) is 8.13. The van der Waals surface area contributed by atoms with E-state index in [1.54, 1.807) is 43.4 Å². The van der Waals surface area contributed by atoms with Crippen molar-refractivity contribution in [2.24, 2.45) is 0 Å². The number of rotatable bonds is 11. The summed E-state index contributed by atoms with van der Waals surface area (Å²) in [5.41, 5.74) is 6.73. The summed E-state index contributed by atoms with van der Waals surface area (Å²) in [6.07, 6.45) is 9.47. The van der Waals surface area contributed by atoms with Gasteiger partial charge in [-0.05, 0) is 110 Å². The number of hydrogen-bond acceptors (Lipinski definition) is 2. The third kappa shape index (κ3) is 4.23. The molecule has 2 nitrogen and oxygen atoms in total. The highest BCUT2D eigenvalue weighted by atomic mass is 31.1. The summed E-state index contributed by atoms with van der Waals surface area (Å²) in [5.74, 6) is 0. The summed E-state index contributed by atoms with van der Waals surface area (Å²) >= 11 is 0. The lowest BCUT2D eigenvalue weighted by molar-refractivity contribution is 0.992. The van der Waals surface area contributed by atoms with E-state index in [0.717, 1.165) is 0 Å². The van der Waals surface area contributed by atoms with E-state index in [0.29, 0.717) is 0 Å². The quantitative estimate of drug-likeness (QED) is 0.322. The number of hydrazine groups is 1. The number of hydrogen-bond donors (Lipinski definition) is 0. The van der Waals surface area contributed by atoms with Crippen molar-refractivity contribution in [3.8, 4) is 0 Å². The van der Waals surface area contributed by atoms with Crippen molar-refractivity contribution in [2.75, 3.05) is 23.7 Å². The van der Waals surface area contributed by atoms with Crippen LogP contribution in [-0.4, -0.2) is 14.1 Å². The first-order chi connectivity index (χ1) is 14.4. The van der Waals surface area contributed by atoms with Gasteiger partial charge in [0, 0.05) is 14.1 Å². The predicted octanol–water partition coefficient (Wildman–Crippen LogP) is 7.91. The van der Waals surface area contributed by atoms with E-state index in [4.69, 9.17) is 0 Å². The van der Waals surface area contributed by atoms with Gasteiger partial charge in [-0.15, -0.1) is 0 Å². The second-order valence-corrected chi connectivity index (χ2v) is 12.7. The molecule has 0 aliphatic carbocycles. The molecule has 0 aliphatic heterocycles. The van der Waals surface area contributed by atoms with Crippen LogP contribution in [0.15, 0.2) is 0 Å². The van der Waals surface area contributed by atoms with Crippen molar-refractivity contribution in [1.82, 2.24) is 0 Å². The van der Waals surface area contributed by atoms with Crippen LogP contribution in [0.5, 0.6) is 0 Å². The van der Waals surface area contributed by atoms with Gasteiger partial charge in [-0.1, -0.05) is 55.4 Å². The molecule has 0 unspecified atom stereocenters. The van der Waals surface area contributed by atoms with Gasteiger partial charge in [0.15, 0.2) is 0 Å². The minimum Gasteiger partial charge on any atom is -0.192 e. The highest BCUT2D eigenvalue weighted by Crippen LogP contribution is 2.53. The van der Waals surface area contributed by atoms with E-state index in [1.807, 2.05) is 0 Å². The predicted molar refractivity (Wildman–Crippen MR) is 142 cm³/mol. The van der Waals surface area contributed by atoms with Crippen molar-refractivity contribution >= 4 is 15.4 Å². The van der Waals surface area contributed by atoms with Crippen LogP contribution >= 0.6 is 15.4 Å². The number of nitrogens with zero attached hydrogens (tertiary/aromatic N) is 2. The van der Waals surface area contributed by atoms with Crippen molar-refractivity contribution in [1.29, 1.82) is 0 Å². The van der Waals surface area contributed by atoms with Crippen LogP contribution in [0.1, 0.15) is 98.8 Å². The Morgan fingerprint density at radius 3 is 0.733 bits per heavy atom. The van der Waals surface area contributed by atoms with E-state index in [1.165, 1.54) is 51.4 Å². The fraction of sp³-hybridized carbons (Fsp3) is 0.692. The van der Waals surface area contributed by atoms with E-state index >= 15 is 0 Å². The standard InChI is InChI=1S/C26H46N2P2/c1-11-19-20(12-2)24(16-6)29(23(19)15-5)27(9)28(10)30-25(17-7)21(13-3)22(14-4)26(30)18-8/h11-18H2,1-10H3. The highest BCUT2D eigenvalue weighted by Gasteiger charge is 2.28. The molecule has 0 radical (unpaired) electrons. The van der Waals surface area contributed by atoms with Crippen LogP contribution in [0.25, 0.3) is 0 Å². The van der Waals surface area contributed by atoms with Gasteiger partial charge in [0.05, 0.1) is 0 Å². The highest BCUT2D eigenvalue weighted by molar-refractivity contribution is 7.57. The molecule has 0 saturated carbocycles. The Bertz CT molecular complexity index is 715. The van der Waals surface area contributed by atoms with E-state index < -0.39 is 0 Å². The molecule has 2 rings (SSSR count). The Kier molecular flexibility index (Phi) is 9.76. The Hall–Kier alpha value is -0.520. The zero-order chi connectivity index (χ0) is 22.6. The summed E-state index contributed by atoms with van der Waals surface area (Å²) in [7, 11) is 4.03. The molecule has 0 amide bonds. The summed E-state index contributed by atoms with van der Waals surface area (Å²) in [5, 5.41) is 6.95. The lowest BCUT2D eigenvalue weighted by Gasteiger charge is -2.32. The topological polar surface area (TPSA) is 6.48 Å². The van der Waals surface area contributed by atoms with Gasteiger partial charge >= 0.3 is 0 Å². The second kappa shape index (κ2) is 11.4.